The Hall–Kier alpha value is -1.93. The molecule has 1 aromatic rings. The van der Waals surface area contributed by atoms with E-state index in [1.54, 1.807) is 20.8 Å². The second kappa shape index (κ2) is 8.84. The number of rotatable bonds is 4. The first-order chi connectivity index (χ1) is 12.7. The molecule has 27 heavy (non-hydrogen) atoms. The van der Waals surface area contributed by atoms with E-state index in [-0.39, 0.29) is 7.21 Å². The van der Waals surface area contributed by atoms with E-state index in [4.69, 9.17) is 15.7 Å². The Morgan fingerprint density at radius 3 is 2.56 bits per heavy atom. The average Bonchev–Trinajstić information content (AvgIpc) is 2.66. The molecule has 2 aliphatic rings. The van der Waals surface area contributed by atoms with Crippen molar-refractivity contribution in [2.75, 3.05) is 13.2 Å². The first-order valence-electron chi connectivity index (χ1n) is 9.19. The number of ketones is 1. The zero-order valence-corrected chi connectivity index (χ0v) is 16.5. The summed E-state index contributed by atoms with van der Waals surface area (Å²) < 4.78 is 5.37. The van der Waals surface area contributed by atoms with Gasteiger partial charge in [0.05, 0.1) is 17.9 Å². The summed E-state index contributed by atoms with van der Waals surface area (Å²) in [5, 5.41) is 17.8. The molecule has 1 aromatic carbocycles. The van der Waals surface area contributed by atoms with E-state index < -0.39 is 11.7 Å². The zero-order valence-electron chi connectivity index (χ0n) is 16.5. The van der Waals surface area contributed by atoms with Gasteiger partial charge in [0.15, 0.2) is 11.9 Å². The highest BCUT2D eigenvalue weighted by atomic mass is 17.1. The molecule has 3 rings (SSSR count). The molecule has 1 unspecified atom stereocenters. The quantitative estimate of drug-likeness (QED) is 0.543. The Balaban J connectivity index is 0.000000492. The maximum absolute atomic E-state index is 11.7. The van der Waals surface area contributed by atoms with Crippen LogP contribution in [0, 0.1) is 0 Å². The number of carbonyl (C=O) groups is 1. The maximum Gasteiger partial charge on any atom is 0.233 e. The number of nitrogens with two attached hydrogens (primary N) is 1. The third-order valence-electron chi connectivity index (χ3n) is 4.39. The first kappa shape index (κ1) is 21.4. The number of hydrogen-bond donors (Lipinski definition) is 3. The fraction of sp³-hybridized carbons (Fsp3) is 0.550. The molecular formula is C20H32N2O5. The lowest BCUT2D eigenvalue weighted by Gasteiger charge is -2.39. The molecule has 1 aliphatic carbocycles. The van der Waals surface area contributed by atoms with Gasteiger partial charge in [-0.15, -0.1) is 0 Å². The summed E-state index contributed by atoms with van der Waals surface area (Å²) in [5.74, 6) is 0.0109. The highest BCUT2D eigenvalue weighted by Gasteiger charge is 2.43. The molecule has 152 valence electrons. The highest BCUT2D eigenvalue weighted by Crippen LogP contribution is 2.33. The van der Waals surface area contributed by atoms with Gasteiger partial charge in [-0.1, -0.05) is 18.2 Å². The molecular weight excluding hydrogens is 348 g/mol. The smallest absolute Gasteiger partial charge is 0.233 e. The minimum Gasteiger partial charge on any atom is -0.488 e. The van der Waals surface area contributed by atoms with Crippen LogP contribution in [-0.4, -0.2) is 45.9 Å². The van der Waals surface area contributed by atoms with E-state index >= 15 is 0 Å². The van der Waals surface area contributed by atoms with Crippen molar-refractivity contribution in [3.05, 3.63) is 46.3 Å². The van der Waals surface area contributed by atoms with Gasteiger partial charge in [-0.25, -0.2) is 4.89 Å². The molecule has 0 fully saturated rings. The SMILES string of the molecule is CC(C)(C)OO.CCOC1=C(N2CCc3ccc(CN)cc3C2)C(O)C1=O.[HH]. The number of aliphatic hydroxyl groups excluding tert-OH is 1. The van der Waals surface area contributed by atoms with Gasteiger partial charge in [0, 0.05) is 21.1 Å². The summed E-state index contributed by atoms with van der Waals surface area (Å²) in [6, 6.07) is 6.28. The third-order valence-corrected chi connectivity index (χ3v) is 4.39. The monoisotopic (exact) mass is 380 g/mol. The van der Waals surface area contributed by atoms with Gasteiger partial charge in [0.1, 0.15) is 0 Å². The second-order valence-corrected chi connectivity index (χ2v) is 7.60. The summed E-state index contributed by atoms with van der Waals surface area (Å²) >= 11 is 0. The summed E-state index contributed by atoms with van der Waals surface area (Å²) in [6.45, 7) is 9.56. The van der Waals surface area contributed by atoms with E-state index in [0.717, 1.165) is 18.5 Å². The Bertz CT molecular complexity index is 715. The van der Waals surface area contributed by atoms with E-state index in [2.05, 4.69) is 23.1 Å². The number of ether oxygens (including phenoxy) is 1. The van der Waals surface area contributed by atoms with Crippen molar-refractivity contribution in [3.8, 4) is 0 Å². The van der Waals surface area contributed by atoms with E-state index in [0.29, 0.717) is 31.2 Å². The summed E-state index contributed by atoms with van der Waals surface area (Å²) in [7, 11) is 0. The van der Waals surface area contributed by atoms with Crippen LogP contribution < -0.4 is 5.73 Å². The van der Waals surface area contributed by atoms with Crippen LogP contribution in [-0.2, 0) is 33.9 Å². The Morgan fingerprint density at radius 1 is 1.33 bits per heavy atom. The van der Waals surface area contributed by atoms with Crippen LogP contribution >= 0.6 is 0 Å². The number of benzene rings is 1. The first-order valence-corrected chi connectivity index (χ1v) is 9.19. The summed E-state index contributed by atoms with van der Waals surface area (Å²) in [5.41, 5.74) is 9.53. The molecule has 0 saturated heterocycles. The molecule has 0 bridgehead atoms. The predicted octanol–water partition coefficient (Wildman–Crippen LogP) is 2.22. The molecule has 7 heteroatoms. The van der Waals surface area contributed by atoms with Crippen molar-refractivity contribution >= 4 is 5.78 Å². The largest absolute Gasteiger partial charge is 0.488 e. The highest BCUT2D eigenvalue weighted by molar-refractivity contribution is 6.06. The minimum absolute atomic E-state index is 0. The van der Waals surface area contributed by atoms with Crippen LogP contribution in [0.1, 0.15) is 45.8 Å². The zero-order chi connectivity index (χ0) is 20.2. The van der Waals surface area contributed by atoms with Gasteiger partial charge in [-0.2, -0.15) is 0 Å². The number of hydrogen-bond acceptors (Lipinski definition) is 7. The number of carbonyl (C=O) groups excluding carboxylic acids is 1. The molecule has 0 spiro atoms. The van der Waals surface area contributed by atoms with Gasteiger partial charge in [0.25, 0.3) is 0 Å². The second-order valence-electron chi connectivity index (χ2n) is 7.60. The van der Waals surface area contributed by atoms with Crippen molar-refractivity contribution in [2.24, 2.45) is 5.73 Å². The fourth-order valence-electron chi connectivity index (χ4n) is 2.97. The number of fused-ring (bicyclic) bond motifs is 1. The van der Waals surface area contributed by atoms with Gasteiger partial charge in [-0.05, 0) is 50.8 Å². The third kappa shape index (κ3) is 5.07. The van der Waals surface area contributed by atoms with Crippen LogP contribution in [0.5, 0.6) is 0 Å². The molecule has 7 nitrogen and oxygen atoms in total. The lowest BCUT2D eigenvalue weighted by atomic mass is 9.91. The van der Waals surface area contributed by atoms with Crippen LogP contribution in [0.25, 0.3) is 0 Å². The lowest BCUT2D eigenvalue weighted by molar-refractivity contribution is -0.306. The number of Topliss-reactive ketones (excluding diaryl/α,β-unsaturated/α-hetero) is 1. The molecule has 1 atom stereocenters. The molecule has 0 saturated carbocycles. The molecule has 0 amide bonds. The minimum atomic E-state index is -1.04. The van der Waals surface area contributed by atoms with Gasteiger partial charge >= 0.3 is 0 Å². The summed E-state index contributed by atoms with van der Waals surface area (Å²) in [4.78, 5) is 17.7. The van der Waals surface area contributed by atoms with Crippen molar-refractivity contribution in [1.82, 2.24) is 4.90 Å². The lowest BCUT2D eigenvalue weighted by Crippen LogP contribution is -2.47. The molecule has 4 N–H and O–H groups in total. The Labute approximate surface area is 161 Å². The topological polar surface area (TPSA) is 105 Å². The van der Waals surface area contributed by atoms with Gasteiger partial charge < -0.3 is 20.5 Å². The molecule has 1 aliphatic heterocycles. The van der Waals surface area contributed by atoms with Crippen molar-refractivity contribution in [3.63, 3.8) is 0 Å². The normalized spacial score (nSPS) is 19.1. The van der Waals surface area contributed by atoms with Crippen LogP contribution in [0.2, 0.25) is 0 Å². The number of nitrogens with zero attached hydrogens (tertiary/aromatic N) is 1. The Morgan fingerprint density at radius 2 is 2.00 bits per heavy atom. The molecule has 1 heterocycles. The van der Waals surface area contributed by atoms with E-state index in [1.807, 2.05) is 11.8 Å². The fourth-order valence-corrected chi connectivity index (χ4v) is 2.97. The van der Waals surface area contributed by atoms with E-state index in [9.17, 15) is 9.90 Å². The van der Waals surface area contributed by atoms with Crippen molar-refractivity contribution in [2.45, 2.75) is 58.9 Å². The number of aliphatic hydroxyl groups is 1. The predicted molar refractivity (Wildman–Crippen MR) is 104 cm³/mol. The molecule has 0 radical (unpaired) electrons. The summed E-state index contributed by atoms with van der Waals surface area (Å²) in [6.07, 6.45) is -0.143. The van der Waals surface area contributed by atoms with Crippen LogP contribution in [0.4, 0.5) is 0 Å². The Kier molecular flexibility index (Phi) is 7.00. The molecule has 0 aromatic heterocycles. The van der Waals surface area contributed by atoms with Crippen molar-refractivity contribution < 1.29 is 26.2 Å². The van der Waals surface area contributed by atoms with Gasteiger partial charge in [-0.3, -0.25) is 10.1 Å². The van der Waals surface area contributed by atoms with E-state index in [1.165, 1.54) is 11.1 Å². The van der Waals surface area contributed by atoms with Crippen LogP contribution in [0.3, 0.4) is 0 Å². The average molecular weight is 380 g/mol. The van der Waals surface area contributed by atoms with Crippen LogP contribution in [0.15, 0.2) is 29.7 Å². The van der Waals surface area contributed by atoms with Gasteiger partial charge in [0.2, 0.25) is 5.78 Å². The maximum atomic E-state index is 11.7. The standard InChI is InChI=1S/C16H20N2O3.C4H10O2.H2/c1-2-21-16-13(14(19)15(16)20)18-6-5-11-4-3-10(8-17)7-12(11)9-18;1-4(2,3)6-5;/h3-4,7,14,19H,2,5-6,8-9,17H2,1H3;5H,1-3H3;1H. The van der Waals surface area contributed by atoms with Crippen molar-refractivity contribution in [1.29, 1.82) is 0 Å².